The number of nitrogens with zero attached hydrogens (tertiary/aromatic N) is 1. The lowest BCUT2D eigenvalue weighted by molar-refractivity contribution is 0.355. The molecule has 0 aliphatic rings. The van der Waals surface area contributed by atoms with Crippen LogP contribution in [0.25, 0.3) is 0 Å². The van der Waals surface area contributed by atoms with Gasteiger partial charge in [0.25, 0.3) is 0 Å². The lowest BCUT2D eigenvalue weighted by Crippen LogP contribution is -2.27. The van der Waals surface area contributed by atoms with E-state index in [4.69, 9.17) is 9.47 Å². The van der Waals surface area contributed by atoms with Gasteiger partial charge in [0.05, 0.1) is 25.7 Å². The van der Waals surface area contributed by atoms with E-state index in [1.165, 1.54) is 45.5 Å². The summed E-state index contributed by atoms with van der Waals surface area (Å²) in [5.74, 6) is 0.326. The molecule has 0 aliphatic carbocycles. The summed E-state index contributed by atoms with van der Waals surface area (Å²) in [6.45, 7) is 0. The fourth-order valence-corrected chi connectivity index (χ4v) is 3.31. The van der Waals surface area contributed by atoms with Gasteiger partial charge in [0.2, 0.25) is 10.0 Å². The summed E-state index contributed by atoms with van der Waals surface area (Å²) in [6, 6.07) is 10.2. The zero-order valence-corrected chi connectivity index (χ0v) is 13.9. The largest absolute Gasteiger partial charge is 0.493 e. The Morgan fingerprint density at radius 3 is 2.17 bits per heavy atom. The van der Waals surface area contributed by atoms with E-state index in [2.05, 4.69) is 0 Å². The summed E-state index contributed by atoms with van der Waals surface area (Å²) >= 11 is 0. The summed E-state index contributed by atoms with van der Waals surface area (Å²) in [7, 11) is 0.836. The third-order valence-corrected chi connectivity index (χ3v) is 5.15. The standard InChI is InChI=1S/C16H18FNO4S/c1-18(14-8-9-15(21-2)16(10-14)22-3)23(19,20)11-12-4-6-13(17)7-5-12/h4-10H,11H2,1-3H3. The van der Waals surface area contributed by atoms with Gasteiger partial charge in [0.1, 0.15) is 5.82 Å². The van der Waals surface area contributed by atoms with E-state index < -0.39 is 15.8 Å². The van der Waals surface area contributed by atoms with Gasteiger partial charge >= 0.3 is 0 Å². The zero-order chi connectivity index (χ0) is 17.0. The highest BCUT2D eigenvalue weighted by atomic mass is 32.2. The molecule has 0 fully saturated rings. The quantitative estimate of drug-likeness (QED) is 0.812. The van der Waals surface area contributed by atoms with Gasteiger partial charge in [-0.1, -0.05) is 12.1 Å². The number of hydrogen-bond donors (Lipinski definition) is 0. The minimum absolute atomic E-state index is 0.224. The van der Waals surface area contributed by atoms with Gasteiger partial charge < -0.3 is 9.47 Å². The van der Waals surface area contributed by atoms with Crippen LogP contribution in [-0.4, -0.2) is 29.7 Å². The van der Waals surface area contributed by atoms with Crippen LogP contribution in [-0.2, 0) is 15.8 Å². The maximum atomic E-state index is 12.9. The predicted molar refractivity (Wildman–Crippen MR) is 87.0 cm³/mol. The number of methoxy groups -OCH3 is 2. The molecule has 0 N–H and O–H groups in total. The molecule has 124 valence electrons. The third-order valence-electron chi connectivity index (χ3n) is 3.41. The van der Waals surface area contributed by atoms with Crippen molar-refractivity contribution in [3.63, 3.8) is 0 Å². The molecule has 0 aromatic heterocycles. The molecular weight excluding hydrogens is 321 g/mol. The number of rotatable bonds is 6. The van der Waals surface area contributed by atoms with E-state index in [9.17, 15) is 12.8 Å². The molecule has 2 rings (SSSR count). The van der Waals surface area contributed by atoms with Gasteiger partial charge in [0.15, 0.2) is 11.5 Å². The van der Waals surface area contributed by atoms with Crippen molar-refractivity contribution in [2.24, 2.45) is 0 Å². The van der Waals surface area contributed by atoms with Crippen molar-refractivity contribution in [2.45, 2.75) is 5.75 Å². The Morgan fingerprint density at radius 2 is 1.61 bits per heavy atom. The second-order valence-electron chi connectivity index (χ2n) is 4.89. The molecule has 2 aromatic rings. The Hall–Kier alpha value is -2.28. The van der Waals surface area contributed by atoms with Crippen LogP contribution in [0.4, 0.5) is 10.1 Å². The molecule has 5 nitrogen and oxygen atoms in total. The van der Waals surface area contributed by atoms with E-state index in [0.29, 0.717) is 22.7 Å². The molecule has 0 unspecified atom stereocenters. The van der Waals surface area contributed by atoms with Crippen LogP contribution >= 0.6 is 0 Å². The van der Waals surface area contributed by atoms with E-state index in [1.54, 1.807) is 18.2 Å². The molecule has 0 spiro atoms. The normalized spacial score (nSPS) is 11.1. The first-order valence-electron chi connectivity index (χ1n) is 6.80. The van der Waals surface area contributed by atoms with Crippen LogP contribution in [0.1, 0.15) is 5.56 Å². The van der Waals surface area contributed by atoms with Gasteiger partial charge in [-0.3, -0.25) is 4.31 Å². The summed E-state index contributed by atoms with van der Waals surface area (Å²) < 4.78 is 49.4. The van der Waals surface area contributed by atoms with Gasteiger partial charge in [-0.15, -0.1) is 0 Å². The fraction of sp³-hybridized carbons (Fsp3) is 0.250. The van der Waals surface area contributed by atoms with Crippen molar-refractivity contribution in [3.05, 3.63) is 53.8 Å². The van der Waals surface area contributed by atoms with Crippen LogP contribution in [0, 0.1) is 5.82 Å². The summed E-state index contributed by atoms with van der Waals surface area (Å²) in [5, 5.41) is 0. The van der Waals surface area contributed by atoms with Crippen molar-refractivity contribution >= 4 is 15.7 Å². The van der Waals surface area contributed by atoms with Crippen molar-refractivity contribution in [1.82, 2.24) is 0 Å². The van der Waals surface area contributed by atoms with E-state index in [1.807, 2.05) is 0 Å². The van der Waals surface area contributed by atoms with Gasteiger partial charge in [-0.25, -0.2) is 12.8 Å². The number of benzene rings is 2. The molecule has 7 heteroatoms. The zero-order valence-electron chi connectivity index (χ0n) is 13.1. The first-order valence-corrected chi connectivity index (χ1v) is 8.41. The summed E-state index contributed by atoms with van der Waals surface area (Å²) in [5.41, 5.74) is 0.962. The van der Waals surface area contributed by atoms with Crippen LogP contribution in [0.15, 0.2) is 42.5 Å². The Morgan fingerprint density at radius 1 is 1.00 bits per heavy atom. The average Bonchev–Trinajstić information content (AvgIpc) is 2.55. The highest BCUT2D eigenvalue weighted by Gasteiger charge is 2.20. The molecule has 0 aliphatic heterocycles. The maximum Gasteiger partial charge on any atom is 0.239 e. The number of hydrogen-bond acceptors (Lipinski definition) is 4. The van der Waals surface area contributed by atoms with Crippen LogP contribution in [0.3, 0.4) is 0 Å². The molecule has 0 amide bonds. The van der Waals surface area contributed by atoms with Crippen molar-refractivity contribution in [3.8, 4) is 11.5 Å². The number of sulfonamides is 1. The highest BCUT2D eigenvalue weighted by molar-refractivity contribution is 7.92. The van der Waals surface area contributed by atoms with Crippen molar-refractivity contribution in [1.29, 1.82) is 0 Å². The molecule has 2 aromatic carbocycles. The van der Waals surface area contributed by atoms with Gasteiger partial charge in [-0.05, 0) is 29.8 Å². The van der Waals surface area contributed by atoms with Crippen LogP contribution < -0.4 is 13.8 Å². The van der Waals surface area contributed by atoms with E-state index in [-0.39, 0.29) is 5.75 Å². The monoisotopic (exact) mass is 339 g/mol. The fourth-order valence-electron chi connectivity index (χ4n) is 2.07. The van der Waals surface area contributed by atoms with Crippen LogP contribution in [0.2, 0.25) is 0 Å². The first-order chi connectivity index (χ1) is 10.9. The van der Waals surface area contributed by atoms with Gasteiger partial charge in [0, 0.05) is 13.1 Å². The molecule has 0 heterocycles. The average molecular weight is 339 g/mol. The highest BCUT2D eigenvalue weighted by Crippen LogP contribution is 2.32. The predicted octanol–water partition coefficient (Wildman–Crippen LogP) is 2.81. The lowest BCUT2D eigenvalue weighted by atomic mass is 10.2. The molecule has 23 heavy (non-hydrogen) atoms. The van der Waals surface area contributed by atoms with Crippen molar-refractivity contribution in [2.75, 3.05) is 25.6 Å². The molecule has 0 bridgehead atoms. The molecule has 0 saturated heterocycles. The van der Waals surface area contributed by atoms with E-state index >= 15 is 0 Å². The minimum atomic E-state index is -3.61. The Kier molecular flexibility index (Phi) is 5.10. The maximum absolute atomic E-state index is 12.9. The molecule has 0 atom stereocenters. The number of anilines is 1. The second kappa shape index (κ2) is 6.87. The Bertz CT molecular complexity index is 775. The number of halogens is 1. The Labute approximate surface area is 135 Å². The Balaban J connectivity index is 2.27. The van der Waals surface area contributed by atoms with E-state index in [0.717, 1.165) is 4.31 Å². The molecule has 0 saturated carbocycles. The van der Waals surface area contributed by atoms with Crippen molar-refractivity contribution < 1.29 is 22.3 Å². The van der Waals surface area contributed by atoms with Crippen LogP contribution in [0.5, 0.6) is 11.5 Å². The second-order valence-corrected chi connectivity index (χ2v) is 6.89. The summed E-state index contributed by atoms with van der Waals surface area (Å²) in [6.07, 6.45) is 0. The minimum Gasteiger partial charge on any atom is -0.493 e. The van der Waals surface area contributed by atoms with Gasteiger partial charge in [-0.2, -0.15) is 0 Å². The smallest absolute Gasteiger partial charge is 0.239 e. The summed E-state index contributed by atoms with van der Waals surface area (Å²) in [4.78, 5) is 0. The lowest BCUT2D eigenvalue weighted by Gasteiger charge is -2.20. The number of ether oxygens (including phenoxy) is 2. The molecule has 0 radical (unpaired) electrons. The third kappa shape index (κ3) is 3.92. The first kappa shape index (κ1) is 17.1. The topological polar surface area (TPSA) is 55.8 Å². The molecular formula is C16H18FNO4S. The SMILES string of the molecule is COc1ccc(N(C)S(=O)(=O)Cc2ccc(F)cc2)cc1OC.